The van der Waals surface area contributed by atoms with Crippen molar-refractivity contribution in [2.24, 2.45) is 0 Å². The smallest absolute Gasteiger partial charge is 0.258 e. The van der Waals surface area contributed by atoms with E-state index in [1.807, 2.05) is 18.2 Å². The molecule has 3 rings (SSSR count). The number of thioether (sulfide) groups is 1. The molecule has 0 bridgehead atoms. The summed E-state index contributed by atoms with van der Waals surface area (Å²) in [4.78, 5) is 19.4. The van der Waals surface area contributed by atoms with Gasteiger partial charge in [-0.15, -0.1) is 10.2 Å². The molecule has 0 unspecified atom stereocenters. The molecule has 0 saturated carbocycles. The Hall–Kier alpha value is -1.97. The first-order valence-corrected chi connectivity index (χ1v) is 9.23. The number of para-hydroxylation sites is 1. The van der Waals surface area contributed by atoms with Crippen molar-refractivity contribution in [2.75, 3.05) is 31.3 Å². The molecule has 3 aromatic rings. The summed E-state index contributed by atoms with van der Waals surface area (Å²) in [6.45, 7) is 1.33. The zero-order chi connectivity index (χ0) is 16.8. The molecule has 0 aliphatic rings. The van der Waals surface area contributed by atoms with Gasteiger partial charge in [0.1, 0.15) is 5.82 Å². The van der Waals surface area contributed by atoms with Crippen LogP contribution in [0, 0.1) is 0 Å². The Bertz CT molecular complexity index is 864. The minimum atomic E-state index is -0.0962. The molecule has 0 amide bonds. The molecule has 0 atom stereocenters. The molecule has 0 saturated heterocycles. The van der Waals surface area contributed by atoms with Crippen molar-refractivity contribution in [3.63, 3.8) is 0 Å². The molecule has 0 spiro atoms. The maximum atomic E-state index is 12.0. The van der Waals surface area contributed by atoms with Gasteiger partial charge in [-0.3, -0.25) is 4.79 Å². The van der Waals surface area contributed by atoms with E-state index in [4.69, 9.17) is 4.74 Å². The van der Waals surface area contributed by atoms with Gasteiger partial charge in [-0.1, -0.05) is 35.2 Å². The van der Waals surface area contributed by atoms with Crippen LogP contribution in [0.2, 0.25) is 0 Å². The van der Waals surface area contributed by atoms with Crippen LogP contribution in [0.25, 0.3) is 10.9 Å². The van der Waals surface area contributed by atoms with Crippen LogP contribution < -0.4 is 10.9 Å². The molecule has 0 radical (unpaired) electrons. The van der Waals surface area contributed by atoms with Gasteiger partial charge < -0.3 is 15.0 Å². The largest absolute Gasteiger partial charge is 0.383 e. The van der Waals surface area contributed by atoms with Gasteiger partial charge in [0.05, 0.1) is 17.5 Å². The van der Waals surface area contributed by atoms with E-state index < -0.39 is 0 Å². The molecule has 126 valence electrons. The zero-order valence-corrected chi connectivity index (χ0v) is 14.7. The Morgan fingerprint density at radius 3 is 3.08 bits per heavy atom. The van der Waals surface area contributed by atoms with E-state index in [1.165, 1.54) is 11.3 Å². The summed E-state index contributed by atoms with van der Waals surface area (Å²) < 4.78 is 5.86. The number of anilines is 1. The zero-order valence-electron chi connectivity index (χ0n) is 13.1. The standard InChI is InChI=1S/C15H17N5O2S2/c1-22-8-7-16-14-19-20-15(24-14)23-9-6-12-17-11-5-3-2-4-10(11)13(21)18-12/h2-5H,6-9H2,1H3,(H,16,19)(H,17,18,21). The number of nitrogens with zero attached hydrogens (tertiary/aromatic N) is 3. The van der Waals surface area contributed by atoms with E-state index in [2.05, 4.69) is 25.5 Å². The van der Waals surface area contributed by atoms with Crippen LogP contribution in [-0.2, 0) is 11.2 Å². The number of ether oxygens (including phenoxy) is 1. The lowest BCUT2D eigenvalue weighted by Crippen LogP contribution is -2.12. The molecular weight excluding hydrogens is 346 g/mol. The number of nitrogens with one attached hydrogen (secondary N) is 2. The molecule has 1 aromatic carbocycles. The SMILES string of the molecule is COCCNc1nnc(SCCc2nc3ccccc3c(=O)[nH]2)s1. The number of aromatic amines is 1. The van der Waals surface area contributed by atoms with Gasteiger partial charge in [0.15, 0.2) is 4.34 Å². The summed E-state index contributed by atoms with van der Waals surface area (Å²) in [6.07, 6.45) is 0.663. The number of fused-ring (bicyclic) bond motifs is 1. The maximum absolute atomic E-state index is 12.0. The second-order valence-corrected chi connectivity index (χ2v) is 7.24. The average Bonchev–Trinajstić information content (AvgIpc) is 3.03. The van der Waals surface area contributed by atoms with Crippen molar-refractivity contribution in [2.45, 2.75) is 10.8 Å². The first kappa shape index (κ1) is 16.9. The Morgan fingerprint density at radius 1 is 1.33 bits per heavy atom. The normalized spacial score (nSPS) is 11.0. The topological polar surface area (TPSA) is 92.8 Å². The van der Waals surface area contributed by atoms with E-state index >= 15 is 0 Å². The Labute approximate surface area is 146 Å². The highest BCUT2D eigenvalue weighted by molar-refractivity contribution is 8.01. The van der Waals surface area contributed by atoms with Crippen molar-refractivity contribution in [1.29, 1.82) is 0 Å². The number of hydrogen-bond acceptors (Lipinski definition) is 8. The van der Waals surface area contributed by atoms with Crippen LogP contribution >= 0.6 is 23.1 Å². The lowest BCUT2D eigenvalue weighted by Gasteiger charge is -2.02. The van der Waals surface area contributed by atoms with Crippen molar-refractivity contribution >= 4 is 39.1 Å². The molecule has 0 aliphatic heterocycles. The molecule has 2 heterocycles. The molecule has 2 aromatic heterocycles. The summed E-state index contributed by atoms with van der Waals surface area (Å²) in [6, 6.07) is 7.35. The minimum absolute atomic E-state index is 0.0962. The van der Waals surface area contributed by atoms with Gasteiger partial charge in [0, 0.05) is 25.8 Å². The average molecular weight is 363 g/mol. The third kappa shape index (κ3) is 4.31. The van der Waals surface area contributed by atoms with Crippen molar-refractivity contribution in [1.82, 2.24) is 20.2 Å². The lowest BCUT2D eigenvalue weighted by molar-refractivity contribution is 0.211. The second-order valence-electron chi connectivity index (χ2n) is 4.92. The second kappa shape index (κ2) is 8.22. The quantitative estimate of drug-likeness (QED) is 0.468. The fourth-order valence-corrected chi connectivity index (χ4v) is 3.88. The van der Waals surface area contributed by atoms with Crippen molar-refractivity contribution < 1.29 is 4.74 Å². The van der Waals surface area contributed by atoms with Crippen LogP contribution in [0.1, 0.15) is 5.82 Å². The van der Waals surface area contributed by atoms with Crippen LogP contribution in [0.5, 0.6) is 0 Å². The van der Waals surface area contributed by atoms with Gasteiger partial charge in [0.2, 0.25) is 5.13 Å². The van der Waals surface area contributed by atoms with Gasteiger partial charge in [-0.25, -0.2) is 4.98 Å². The third-order valence-corrected chi connectivity index (χ3v) is 5.23. The summed E-state index contributed by atoms with van der Waals surface area (Å²) in [5, 5.41) is 12.8. The van der Waals surface area contributed by atoms with E-state index in [9.17, 15) is 4.79 Å². The first-order chi connectivity index (χ1) is 11.8. The number of H-pyrrole nitrogens is 1. The molecular formula is C15H17N5O2S2. The Kier molecular flexibility index (Phi) is 5.78. The molecule has 0 fully saturated rings. The Balaban J connectivity index is 1.56. The first-order valence-electron chi connectivity index (χ1n) is 7.43. The van der Waals surface area contributed by atoms with E-state index in [-0.39, 0.29) is 5.56 Å². The number of aromatic nitrogens is 4. The summed E-state index contributed by atoms with van der Waals surface area (Å²) in [5.41, 5.74) is 0.628. The van der Waals surface area contributed by atoms with Crippen molar-refractivity contribution in [3.8, 4) is 0 Å². The van der Waals surface area contributed by atoms with Gasteiger partial charge >= 0.3 is 0 Å². The molecule has 9 heteroatoms. The van der Waals surface area contributed by atoms with Crippen molar-refractivity contribution in [3.05, 3.63) is 40.4 Å². The number of hydrogen-bond donors (Lipinski definition) is 2. The molecule has 2 N–H and O–H groups in total. The van der Waals surface area contributed by atoms with Gasteiger partial charge in [-0.2, -0.15) is 0 Å². The van der Waals surface area contributed by atoms with E-state index in [0.717, 1.165) is 20.7 Å². The highest BCUT2D eigenvalue weighted by Crippen LogP contribution is 2.25. The predicted molar refractivity (Wildman–Crippen MR) is 97.1 cm³/mol. The highest BCUT2D eigenvalue weighted by Gasteiger charge is 2.06. The number of methoxy groups -OCH3 is 1. The summed E-state index contributed by atoms with van der Waals surface area (Å²) in [7, 11) is 1.66. The van der Waals surface area contributed by atoms with Gasteiger partial charge in [-0.05, 0) is 12.1 Å². The Morgan fingerprint density at radius 2 is 2.21 bits per heavy atom. The van der Waals surface area contributed by atoms with E-state index in [0.29, 0.717) is 30.8 Å². The monoisotopic (exact) mass is 363 g/mol. The molecule has 0 aliphatic carbocycles. The fourth-order valence-electron chi connectivity index (χ4n) is 2.09. The third-order valence-electron chi connectivity index (χ3n) is 3.22. The van der Waals surface area contributed by atoms with Crippen LogP contribution in [0.15, 0.2) is 33.4 Å². The molecule has 24 heavy (non-hydrogen) atoms. The van der Waals surface area contributed by atoms with Crippen LogP contribution in [-0.4, -0.2) is 46.2 Å². The van der Waals surface area contributed by atoms with Crippen LogP contribution in [0.4, 0.5) is 5.13 Å². The maximum Gasteiger partial charge on any atom is 0.258 e. The van der Waals surface area contributed by atoms with Gasteiger partial charge in [0.25, 0.3) is 5.56 Å². The summed E-state index contributed by atoms with van der Waals surface area (Å²) >= 11 is 3.10. The molecule has 7 nitrogen and oxygen atoms in total. The highest BCUT2D eigenvalue weighted by atomic mass is 32.2. The summed E-state index contributed by atoms with van der Waals surface area (Å²) in [5.74, 6) is 1.46. The number of rotatable bonds is 8. The minimum Gasteiger partial charge on any atom is -0.383 e. The van der Waals surface area contributed by atoms with Crippen LogP contribution in [0.3, 0.4) is 0 Å². The lowest BCUT2D eigenvalue weighted by atomic mass is 10.2. The fraction of sp³-hybridized carbons (Fsp3) is 0.333. The predicted octanol–water partition coefficient (Wildman–Crippen LogP) is 2.17. The number of aryl methyl sites for hydroxylation is 1. The van der Waals surface area contributed by atoms with E-state index in [1.54, 1.807) is 24.9 Å². The number of benzene rings is 1.